The van der Waals surface area contributed by atoms with Gasteiger partial charge in [0.15, 0.2) is 0 Å². The van der Waals surface area contributed by atoms with Crippen molar-refractivity contribution in [2.75, 3.05) is 12.3 Å². The standard InChI is InChI=1S/C28H27NO/c1-18-14-25(15-19(2)28(18)29)30-13-4-3-6-20-16-23-11-9-21-7-5-8-22-10-12-24(17-20)27(23)26(21)22/h5,7-12,14-17H,3-4,6,13,29H2,1-2H3. The number of benzene rings is 5. The fraction of sp³-hybridized carbons (Fsp3) is 0.214. The van der Waals surface area contributed by atoms with Gasteiger partial charge >= 0.3 is 0 Å². The summed E-state index contributed by atoms with van der Waals surface area (Å²) in [6.07, 6.45) is 3.22. The molecule has 0 saturated carbocycles. The summed E-state index contributed by atoms with van der Waals surface area (Å²) in [5.41, 5.74) is 10.5. The van der Waals surface area contributed by atoms with Gasteiger partial charge in [-0.05, 0) is 94.3 Å². The maximum absolute atomic E-state index is 6.03. The Morgan fingerprint density at radius 3 is 1.90 bits per heavy atom. The molecule has 0 aliphatic heterocycles. The lowest BCUT2D eigenvalue weighted by Crippen LogP contribution is -2.01. The van der Waals surface area contributed by atoms with Gasteiger partial charge in [-0.1, -0.05) is 54.6 Å². The average molecular weight is 394 g/mol. The zero-order valence-corrected chi connectivity index (χ0v) is 17.7. The van der Waals surface area contributed by atoms with Crippen LogP contribution in [0.15, 0.2) is 66.7 Å². The Labute approximate surface area is 177 Å². The molecule has 5 aromatic rings. The molecular formula is C28H27NO. The van der Waals surface area contributed by atoms with Crippen LogP contribution < -0.4 is 10.5 Å². The molecule has 150 valence electrons. The molecule has 0 atom stereocenters. The SMILES string of the molecule is Cc1cc(OCCCCc2cc3ccc4cccc5ccc(c2)c3c45)cc(C)c1N. The highest BCUT2D eigenvalue weighted by molar-refractivity contribution is 6.23. The minimum atomic E-state index is 0.733. The minimum absolute atomic E-state index is 0.733. The summed E-state index contributed by atoms with van der Waals surface area (Å²) in [5.74, 6) is 0.919. The van der Waals surface area contributed by atoms with Crippen LogP contribution >= 0.6 is 0 Å². The molecule has 5 aromatic carbocycles. The lowest BCUT2D eigenvalue weighted by molar-refractivity contribution is 0.306. The molecule has 0 unspecified atom stereocenters. The Balaban J connectivity index is 1.28. The topological polar surface area (TPSA) is 35.2 Å². The van der Waals surface area contributed by atoms with Crippen LogP contribution in [-0.4, -0.2) is 6.61 Å². The molecule has 2 heteroatoms. The first-order chi connectivity index (χ1) is 14.6. The largest absolute Gasteiger partial charge is 0.494 e. The van der Waals surface area contributed by atoms with E-state index in [-0.39, 0.29) is 0 Å². The van der Waals surface area contributed by atoms with Crippen molar-refractivity contribution in [1.29, 1.82) is 0 Å². The highest BCUT2D eigenvalue weighted by Crippen LogP contribution is 2.35. The summed E-state index contributed by atoms with van der Waals surface area (Å²) in [5, 5.41) is 8.12. The van der Waals surface area contributed by atoms with E-state index in [1.807, 2.05) is 26.0 Å². The predicted octanol–water partition coefficient (Wildman–Crippen LogP) is 7.18. The van der Waals surface area contributed by atoms with Crippen molar-refractivity contribution in [3.8, 4) is 5.75 Å². The summed E-state index contributed by atoms with van der Waals surface area (Å²) in [4.78, 5) is 0. The van der Waals surface area contributed by atoms with Crippen molar-refractivity contribution in [2.45, 2.75) is 33.1 Å². The van der Waals surface area contributed by atoms with Crippen molar-refractivity contribution < 1.29 is 4.74 Å². The van der Waals surface area contributed by atoms with Crippen LogP contribution in [-0.2, 0) is 6.42 Å². The second-order valence-corrected chi connectivity index (χ2v) is 8.40. The van der Waals surface area contributed by atoms with E-state index in [2.05, 4.69) is 54.6 Å². The van der Waals surface area contributed by atoms with Crippen molar-refractivity contribution in [1.82, 2.24) is 0 Å². The quantitative estimate of drug-likeness (QED) is 0.188. The number of ether oxygens (including phenoxy) is 1. The van der Waals surface area contributed by atoms with Gasteiger partial charge in [0.05, 0.1) is 6.61 Å². The molecule has 2 N–H and O–H groups in total. The Morgan fingerprint density at radius 2 is 1.27 bits per heavy atom. The number of aryl methyl sites for hydroxylation is 3. The summed E-state index contributed by atoms with van der Waals surface area (Å²) >= 11 is 0. The third kappa shape index (κ3) is 3.33. The summed E-state index contributed by atoms with van der Waals surface area (Å²) in [6, 6.07) is 24.4. The van der Waals surface area contributed by atoms with Crippen molar-refractivity contribution in [3.63, 3.8) is 0 Å². The van der Waals surface area contributed by atoms with E-state index < -0.39 is 0 Å². The summed E-state index contributed by atoms with van der Waals surface area (Å²) in [7, 11) is 0. The van der Waals surface area contributed by atoms with Crippen LogP contribution in [0.4, 0.5) is 5.69 Å². The molecule has 0 saturated heterocycles. The van der Waals surface area contributed by atoms with Crippen LogP contribution in [0.3, 0.4) is 0 Å². The lowest BCUT2D eigenvalue weighted by atomic mass is 9.92. The molecule has 0 spiro atoms. The van der Waals surface area contributed by atoms with Gasteiger partial charge in [0.2, 0.25) is 0 Å². The number of unbranched alkanes of at least 4 members (excludes halogenated alkanes) is 1. The van der Waals surface area contributed by atoms with E-state index in [0.29, 0.717) is 0 Å². The molecule has 0 aromatic heterocycles. The number of nitrogens with two attached hydrogens (primary N) is 1. The van der Waals surface area contributed by atoms with E-state index in [1.165, 1.54) is 37.9 Å². The van der Waals surface area contributed by atoms with E-state index in [0.717, 1.165) is 48.4 Å². The van der Waals surface area contributed by atoms with Gasteiger partial charge in [-0.15, -0.1) is 0 Å². The van der Waals surface area contributed by atoms with Crippen molar-refractivity contribution in [2.24, 2.45) is 0 Å². The number of hydrogen-bond donors (Lipinski definition) is 1. The highest BCUT2D eigenvalue weighted by atomic mass is 16.5. The van der Waals surface area contributed by atoms with Gasteiger partial charge in [-0.3, -0.25) is 0 Å². The molecule has 0 amide bonds. The first kappa shape index (κ1) is 18.7. The number of hydrogen-bond acceptors (Lipinski definition) is 2. The van der Waals surface area contributed by atoms with Crippen LogP contribution in [0.5, 0.6) is 5.75 Å². The number of anilines is 1. The van der Waals surface area contributed by atoms with E-state index in [1.54, 1.807) is 0 Å². The minimum Gasteiger partial charge on any atom is -0.494 e. The monoisotopic (exact) mass is 393 g/mol. The van der Waals surface area contributed by atoms with E-state index in [9.17, 15) is 0 Å². The molecule has 30 heavy (non-hydrogen) atoms. The normalized spacial score (nSPS) is 11.7. The fourth-order valence-corrected chi connectivity index (χ4v) is 4.60. The Hall–Kier alpha value is -3.26. The van der Waals surface area contributed by atoms with Crippen LogP contribution in [0.2, 0.25) is 0 Å². The second-order valence-electron chi connectivity index (χ2n) is 8.40. The van der Waals surface area contributed by atoms with Crippen LogP contribution in [0.1, 0.15) is 29.5 Å². The van der Waals surface area contributed by atoms with Crippen molar-refractivity contribution in [3.05, 3.63) is 83.4 Å². The Bertz CT molecular complexity index is 1260. The van der Waals surface area contributed by atoms with Crippen molar-refractivity contribution >= 4 is 38.0 Å². The maximum Gasteiger partial charge on any atom is 0.119 e. The Kier molecular flexibility index (Phi) is 4.71. The molecule has 0 aliphatic rings. The summed E-state index contributed by atoms with van der Waals surface area (Å²) in [6.45, 7) is 4.79. The molecule has 0 fully saturated rings. The van der Waals surface area contributed by atoms with Gasteiger partial charge in [0.25, 0.3) is 0 Å². The molecule has 0 bridgehead atoms. The molecular weight excluding hydrogens is 366 g/mol. The molecule has 0 radical (unpaired) electrons. The first-order valence-corrected chi connectivity index (χ1v) is 10.8. The van der Waals surface area contributed by atoms with Gasteiger partial charge < -0.3 is 10.5 Å². The predicted molar refractivity (Wildman–Crippen MR) is 129 cm³/mol. The summed E-state index contributed by atoms with van der Waals surface area (Å²) < 4.78 is 5.96. The fourth-order valence-electron chi connectivity index (χ4n) is 4.60. The molecule has 0 aliphatic carbocycles. The van der Waals surface area contributed by atoms with Crippen LogP contribution in [0.25, 0.3) is 32.3 Å². The van der Waals surface area contributed by atoms with E-state index >= 15 is 0 Å². The number of nitrogen functional groups attached to an aromatic ring is 1. The zero-order chi connectivity index (χ0) is 20.7. The molecule has 2 nitrogen and oxygen atoms in total. The van der Waals surface area contributed by atoms with E-state index in [4.69, 9.17) is 10.5 Å². The van der Waals surface area contributed by atoms with Gasteiger partial charge in [0.1, 0.15) is 5.75 Å². The average Bonchev–Trinajstić information content (AvgIpc) is 2.75. The van der Waals surface area contributed by atoms with Gasteiger partial charge in [0, 0.05) is 5.69 Å². The third-order valence-corrected chi connectivity index (χ3v) is 6.22. The van der Waals surface area contributed by atoms with Gasteiger partial charge in [-0.25, -0.2) is 0 Å². The second kappa shape index (κ2) is 7.53. The number of rotatable bonds is 6. The smallest absolute Gasteiger partial charge is 0.119 e. The highest BCUT2D eigenvalue weighted by Gasteiger charge is 2.09. The molecule has 0 heterocycles. The van der Waals surface area contributed by atoms with Gasteiger partial charge in [-0.2, -0.15) is 0 Å². The zero-order valence-electron chi connectivity index (χ0n) is 17.7. The lowest BCUT2D eigenvalue weighted by Gasteiger charge is -2.13. The van der Waals surface area contributed by atoms with Crippen LogP contribution in [0, 0.1) is 13.8 Å². The maximum atomic E-state index is 6.03. The Morgan fingerprint density at radius 1 is 0.700 bits per heavy atom. The third-order valence-electron chi connectivity index (χ3n) is 6.22. The first-order valence-electron chi connectivity index (χ1n) is 10.8. The molecule has 5 rings (SSSR count).